The Labute approximate surface area is 86.8 Å². The first-order valence-electron chi connectivity index (χ1n) is 5.72. The minimum atomic E-state index is 0.272. The maximum atomic E-state index is 11.0. The normalized spacial score (nSPS) is 18.1. The van der Waals surface area contributed by atoms with Crippen LogP contribution in [0.2, 0.25) is 0 Å². The molecule has 0 radical (unpaired) electrons. The summed E-state index contributed by atoms with van der Waals surface area (Å²) < 4.78 is 0. The number of hydrogen-bond donors (Lipinski definition) is 1. The Morgan fingerprint density at radius 1 is 1.43 bits per heavy atom. The molecule has 80 valence electrons. The molecule has 1 N–H and O–H groups in total. The van der Waals surface area contributed by atoms with Crippen LogP contribution in [0.3, 0.4) is 0 Å². The number of ketones is 1. The third-order valence-electron chi connectivity index (χ3n) is 2.65. The number of carbonyl (C=O) groups excluding carboxylic acids is 1. The molecule has 0 fully saturated rings. The summed E-state index contributed by atoms with van der Waals surface area (Å²) in [5, 5.41) is 3.41. The largest absolute Gasteiger partial charge is 0.386 e. The zero-order valence-corrected chi connectivity index (χ0v) is 9.31. The van der Waals surface area contributed by atoms with E-state index in [0.29, 0.717) is 12.5 Å². The maximum absolute atomic E-state index is 11.0. The summed E-state index contributed by atoms with van der Waals surface area (Å²) in [5.41, 5.74) is 1.14. The highest BCUT2D eigenvalue weighted by Crippen LogP contribution is 2.14. The Hall–Kier alpha value is -0.790. The monoisotopic (exact) mass is 195 g/mol. The number of allylic oxidation sites excluding steroid dienone is 2. The van der Waals surface area contributed by atoms with Crippen molar-refractivity contribution in [2.24, 2.45) is 0 Å². The van der Waals surface area contributed by atoms with Gasteiger partial charge in [0.15, 0.2) is 5.78 Å². The molecule has 0 saturated heterocycles. The first kappa shape index (κ1) is 11.3. The van der Waals surface area contributed by atoms with Crippen LogP contribution in [0.15, 0.2) is 11.8 Å². The molecule has 1 rings (SSSR count). The minimum Gasteiger partial charge on any atom is -0.386 e. The summed E-state index contributed by atoms with van der Waals surface area (Å²) in [6.07, 6.45) is 8.44. The molecule has 0 aliphatic heterocycles. The SMILES string of the molecule is CCCCCC(C)NC1=CC(=O)CC1. The Kier molecular flexibility index (Phi) is 4.71. The van der Waals surface area contributed by atoms with Gasteiger partial charge in [-0.1, -0.05) is 26.2 Å². The minimum absolute atomic E-state index is 0.272. The average molecular weight is 195 g/mol. The Balaban J connectivity index is 2.17. The molecule has 2 nitrogen and oxygen atoms in total. The summed E-state index contributed by atoms with van der Waals surface area (Å²) in [4.78, 5) is 11.0. The van der Waals surface area contributed by atoms with Gasteiger partial charge in [-0.05, 0) is 19.8 Å². The number of nitrogens with one attached hydrogen (secondary N) is 1. The molecule has 1 atom stereocenters. The fourth-order valence-corrected chi connectivity index (χ4v) is 1.80. The van der Waals surface area contributed by atoms with Crippen LogP contribution in [0, 0.1) is 0 Å². The molecule has 0 bridgehead atoms. The highest BCUT2D eigenvalue weighted by atomic mass is 16.1. The van der Waals surface area contributed by atoms with Gasteiger partial charge in [0.05, 0.1) is 0 Å². The van der Waals surface area contributed by atoms with Crippen molar-refractivity contribution in [1.29, 1.82) is 0 Å². The predicted octanol–water partition coefficient (Wildman–Crippen LogP) is 2.79. The first-order chi connectivity index (χ1) is 6.72. The lowest BCUT2D eigenvalue weighted by molar-refractivity contribution is -0.114. The summed E-state index contributed by atoms with van der Waals surface area (Å²) in [7, 11) is 0. The fourth-order valence-electron chi connectivity index (χ4n) is 1.80. The second kappa shape index (κ2) is 5.84. The highest BCUT2D eigenvalue weighted by Gasteiger charge is 2.13. The number of unbranched alkanes of at least 4 members (excludes halogenated alkanes) is 2. The van der Waals surface area contributed by atoms with E-state index in [1.165, 1.54) is 25.7 Å². The van der Waals surface area contributed by atoms with Crippen molar-refractivity contribution in [1.82, 2.24) is 5.32 Å². The maximum Gasteiger partial charge on any atom is 0.157 e. The Morgan fingerprint density at radius 2 is 2.21 bits per heavy atom. The zero-order chi connectivity index (χ0) is 10.4. The van der Waals surface area contributed by atoms with E-state index < -0.39 is 0 Å². The molecular weight excluding hydrogens is 174 g/mol. The molecule has 0 spiro atoms. The van der Waals surface area contributed by atoms with Crippen LogP contribution < -0.4 is 5.32 Å². The van der Waals surface area contributed by atoms with Gasteiger partial charge in [-0.25, -0.2) is 0 Å². The molecule has 2 heteroatoms. The van der Waals surface area contributed by atoms with Crippen LogP contribution in [-0.2, 0) is 4.79 Å². The van der Waals surface area contributed by atoms with Crippen molar-refractivity contribution in [3.8, 4) is 0 Å². The van der Waals surface area contributed by atoms with E-state index in [4.69, 9.17) is 0 Å². The molecule has 14 heavy (non-hydrogen) atoms. The topological polar surface area (TPSA) is 29.1 Å². The van der Waals surface area contributed by atoms with Gasteiger partial charge in [-0.3, -0.25) is 4.79 Å². The number of hydrogen-bond acceptors (Lipinski definition) is 2. The number of carbonyl (C=O) groups is 1. The molecule has 0 aromatic rings. The standard InChI is InChI=1S/C12H21NO/c1-3-4-5-6-10(2)13-11-7-8-12(14)9-11/h9-10,13H,3-8H2,1-2H3. The van der Waals surface area contributed by atoms with Crippen molar-refractivity contribution in [3.63, 3.8) is 0 Å². The van der Waals surface area contributed by atoms with E-state index in [2.05, 4.69) is 19.2 Å². The lowest BCUT2D eigenvalue weighted by Gasteiger charge is -2.15. The van der Waals surface area contributed by atoms with E-state index in [-0.39, 0.29) is 5.78 Å². The van der Waals surface area contributed by atoms with Gasteiger partial charge >= 0.3 is 0 Å². The van der Waals surface area contributed by atoms with Crippen LogP contribution in [0.5, 0.6) is 0 Å². The molecule has 1 aliphatic carbocycles. The molecule has 0 amide bonds. The van der Waals surface area contributed by atoms with Crippen molar-refractivity contribution in [2.45, 2.75) is 58.4 Å². The van der Waals surface area contributed by atoms with Crippen molar-refractivity contribution in [2.75, 3.05) is 0 Å². The quantitative estimate of drug-likeness (QED) is 0.660. The summed E-state index contributed by atoms with van der Waals surface area (Å²) in [5.74, 6) is 0.272. The molecule has 1 unspecified atom stereocenters. The third kappa shape index (κ3) is 3.95. The Morgan fingerprint density at radius 3 is 2.79 bits per heavy atom. The smallest absolute Gasteiger partial charge is 0.157 e. The van der Waals surface area contributed by atoms with Gasteiger partial charge < -0.3 is 5.32 Å². The predicted molar refractivity (Wildman–Crippen MR) is 59.1 cm³/mol. The van der Waals surface area contributed by atoms with Crippen molar-refractivity contribution in [3.05, 3.63) is 11.8 Å². The molecular formula is C12H21NO. The van der Waals surface area contributed by atoms with E-state index in [0.717, 1.165) is 12.1 Å². The number of rotatable bonds is 6. The van der Waals surface area contributed by atoms with Crippen LogP contribution in [0.25, 0.3) is 0 Å². The van der Waals surface area contributed by atoms with E-state index in [1.807, 2.05) is 0 Å². The molecule has 0 heterocycles. The van der Waals surface area contributed by atoms with Crippen LogP contribution >= 0.6 is 0 Å². The van der Waals surface area contributed by atoms with Crippen molar-refractivity contribution >= 4 is 5.78 Å². The van der Waals surface area contributed by atoms with E-state index in [9.17, 15) is 4.79 Å². The van der Waals surface area contributed by atoms with E-state index in [1.54, 1.807) is 6.08 Å². The molecule has 0 aromatic carbocycles. The fraction of sp³-hybridized carbons (Fsp3) is 0.750. The van der Waals surface area contributed by atoms with Gasteiger partial charge in [-0.15, -0.1) is 0 Å². The molecule has 0 saturated carbocycles. The van der Waals surface area contributed by atoms with Gasteiger partial charge in [0.1, 0.15) is 0 Å². The van der Waals surface area contributed by atoms with Gasteiger partial charge in [-0.2, -0.15) is 0 Å². The van der Waals surface area contributed by atoms with Gasteiger partial charge in [0, 0.05) is 24.2 Å². The summed E-state index contributed by atoms with van der Waals surface area (Å²) >= 11 is 0. The third-order valence-corrected chi connectivity index (χ3v) is 2.65. The summed E-state index contributed by atoms with van der Waals surface area (Å²) in [6, 6.07) is 0.513. The van der Waals surface area contributed by atoms with Crippen LogP contribution in [0.4, 0.5) is 0 Å². The lowest BCUT2D eigenvalue weighted by atomic mass is 10.1. The Bertz CT molecular complexity index is 220. The van der Waals surface area contributed by atoms with Crippen molar-refractivity contribution < 1.29 is 4.79 Å². The van der Waals surface area contributed by atoms with Gasteiger partial charge in [0.25, 0.3) is 0 Å². The second-order valence-electron chi connectivity index (χ2n) is 4.18. The highest BCUT2D eigenvalue weighted by molar-refractivity contribution is 5.92. The zero-order valence-electron chi connectivity index (χ0n) is 9.31. The lowest BCUT2D eigenvalue weighted by Crippen LogP contribution is -2.24. The average Bonchev–Trinajstić information content (AvgIpc) is 2.52. The molecule has 0 aromatic heterocycles. The first-order valence-corrected chi connectivity index (χ1v) is 5.72. The van der Waals surface area contributed by atoms with Crippen LogP contribution in [0.1, 0.15) is 52.4 Å². The second-order valence-corrected chi connectivity index (χ2v) is 4.18. The summed E-state index contributed by atoms with van der Waals surface area (Å²) in [6.45, 7) is 4.41. The van der Waals surface area contributed by atoms with Gasteiger partial charge in [0.2, 0.25) is 0 Å². The van der Waals surface area contributed by atoms with E-state index >= 15 is 0 Å². The van der Waals surface area contributed by atoms with Crippen LogP contribution in [-0.4, -0.2) is 11.8 Å². The molecule has 1 aliphatic rings.